The number of carbonyl (C=O) groups excluding carboxylic acids is 1. The topological polar surface area (TPSA) is 57.7 Å². The lowest BCUT2D eigenvalue weighted by Gasteiger charge is -2.37. The minimum atomic E-state index is -0.454. The summed E-state index contributed by atoms with van der Waals surface area (Å²) < 4.78 is 5.94. The number of hydrogen-bond acceptors (Lipinski definition) is 5. The number of piperazine rings is 1. The molecule has 178 valence electrons. The van der Waals surface area contributed by atoms with Crippen LogP contribution < -0.4 is 10.2 Å². The van der Waals surface area contributed by atoms with Crippen molar-refractivity contribution in [2.45, 2.75) is 19.2 Å². The van der Waals surface area contributed by atoms with Crippen LogP contribution in [0.5, 0.6) is 0 Å². The highest BCUT2D eigenvalue weighted by atomic mass is 35.5. The number of aromatic nitrogens is 1. The van der Waals surface area contributed by atoms with Crippen LogP contribution in [0.15, 0.2) is 72.9 Å². The van der Waals surface area contributed by atoms with Gasteiger partial charge in [0.05, 0.1) is 23.3 Å². The lowest BCUT2D eigenvalue weighted by molar-refractivity contribution is -0.135. The minimum Gasteiger partial charge on any atom is -0.375 e. The van der Waals surface area contributed by atoms with Crippen LogP contribution in [0, 0.1) is 0 Å². The second-order valence-electron chi connectivity index (χ2n) is 8.18. The molecule has 34 heavy (non-hydrogen) atoms. The Morgan fingerprint density at radius 3 is 2.41 bits per heavy atom. The third-order valence-electron chi connectivity index (χ3n) is 5.80. The summed E-state index contributed by atoms with van der Waals surface area (Å²) in [7, 11) is 0. The average molecular weight is 499 g/mol. The smallest absolute Gasteiger partial charge is 0.242 e. The van der Waals surface area contributed by atoms with Gasteiger partial charge in [0.15, 0.2) is 0 Å². The number of rotatable bonds is 9. The Balaban J connectivity index is 1.36. The fraction of sp³-hybridized carbons (Fsp3) is 0.308. The van der Waals surface area contributed by atoms with Crippen LogP contribution in [-0.2, 0) is 22.7 Å². The Morgan fingerprint density at radius 1 is 0.941 bits per heavy atom. The zero-order valence-corrected chi connectivity index (χ0v) is 20.4. The number of pyridine rings is 1. The molecule has 1 amide bonds. The van der Waals surface area contributed by atoms with Gasteiger partial charge in [-0.3, -0.25) is 10.1 Å². The van der Waals surface area contributed by atoms with E-state index in [2.05, 4.69) is 15.2 Å². The van der Waals surface area contributed by atoms with E-state index in [0.29, 0.717) is 36.3 Å². The van der Waals surface area contributed by atoms with Crippen molar-refractivity contribution in [2.24, 2.45) is 0 Å². The number of amides is 1. The highest BCUT2D eigenvalue weighted by Crippen LogP contribution is 2.23. The first-order chi connectivity index (χ1) is 16.6. The molecule has 1 aromatic heterocycles. The third kappa shape index (κ3) is 6.70. The van der Waals surface area contributed by atoms with E-state index in [1.807, 2.05) is 59.5 Å². The van der Waals surface area contributed by atoms with Crippen LogP contribution in [0.25, 0.3) is 0 Å². The zero-order chi connectivity index (χ0) is 23.8. The molecular weight excluding hydrogens is 471 g/mol. The molecule has 1 atom stereocenters. The van der Waals surface area contributed by atoms with E-state index in [1.54, 1.807) is 18.3 Å². The van der Waals surface area contributed by atoms with Crippen molar-refractivity contribution in [3.05, 3.63) is 94.1 Å². The summed E-state index contributed by atoms with van der Waals surface area (Å²) in [5.74, 6) is 0.990. The second kappa shape index (κ2) is 12.2. The summed E-state index contributed by atoms with van der Waals surface area (Å²) in [6, 6.07) is 20.9. The average Bonchev–Trinajstić information content (AvgIpc) is 2.89. The Labute approximate surface area is 210 Å². The summed E-state index contributed by atoms with van der Waals surface area (Å²) in [6.45, 7) is 3.98. The largest absolute Gasteiger partial charge is 0.375 e. The van der Waals surface area contributed by atoms with Gasteiger partial charge in [0.25, 0.3) is 0 Å². The van der Waals surface area contributed by atoms with Crippen LogP contribution in [0.1, 0.15) is 11.1 Å². The van der Waals surface area contributed by atoms with Gasteiger partial charge < -0.3 is 14.5 Å². The molecule has 2 heterocycles. The van der Waals surface area contributed by atoms with Crippen LogP contribution in [-0.4, -0.2) is 54.6 Å². The molecule has 1 aliphatic heterocycles. The summed E-state index contributed by atoms with van der Waals surface area (Å²) >= 11 is 12.1. The van der Waals surface area contributed by atoms with Crippen molar-refractivity contribution < 1.29 is 9.53 Å². The summed E-state index contributed by atoms with van der Waals surface area (Å²) in [4.78, 5) is 22.0. The Morgan fingerprint density at radius 2 is 1.71 bits per heavy atom. The SMILES string of the molecule is O=C([C@H](COCc1ccc(Cl)c(Cl)c1)NCc1ccccc1)N1CCN(c2ccccn2)CC1. The fourth-order valence-corrected chi connectivity index (χ4v) is 4.22. The van der Waals surface area contributed by atoms with Gasteiger partial charge in [-0.05, 0) is 35.4 Å². The van der Waals surface area contributed by atoms with Gasteiger partial charge in [0.1, 0.15) is 11.9 Å². The molecule has 6 nitrogen and oxygen atoms in total. The summed E-state index contributed by atoms with van der Waals surface area (Å²) in [6.07, 6.45) is 1.79. The van der Waals surface area contributed by atoms with E-state index in [4.69, 9.17) is 27.9 Å². The molecule has 1 fully saturated rings. The first-order valence-electron chi connectivity index (χ1n) is 11.3. The number of carbonyl (C=O) groups is 1. The first-order valence-corrected chi connectivity index (χ1v) is 12.1. The van der Waals surface area contributed by atoms with Gasteiger partial charge in [-0.2, -0.15) is 0 Å². The van der Waals surface area contributed by atoms with E-state index >= 15 is 0 Å². The van der Waals surface area contributed by atoms with E-state index in [0.717, 1.165) is 30.0 Å². The molecule has 1 aliphatic rings. The standard InChI is InChI=1S/C26H28Cl2N4O2/c27-22-10-9-21(16-23(22)28)18-34-19-24(30-17-20-6-2-1-3-7-20)26(33)32-14-12-31(13-15-32)25-8-4-5-11-29-25/h1-11,16,24,30H,12-15,17-19H2/t24-/m0/s1. The maximum absolute atomic E-state index is 13.4. The minimum absolute atomic E-state index is 0.0470. The highest BCUT2D eigenvalue weighted by Gasteiger charge is 2.28. The molecule has 0 aliphatic carbocycles. The first kappa shape index (κ1) is 24.5. The normalized spacial score (nSPS) is 14.8. The van der Waals surface area contributed by atoms with Gasteiger partial charge in [-0.15, -0.1) is 0 Å². The second-order valence-corrected chi connectivity index (χ2v) is 9.00. The molecule has 0 saturated carbocycles. The number of nitrogens with zero attached hydrogens (tertiary/aromatic N) is 3. The zero-order valence-electron chi connectivity index (χ0n) is 18.9. The molecule has 0 unspecified atom stereocenters. The molecule has 0 bridgehead atoms. The molecule has 4 rings (SSSR count). The van der Waals surface area contributed by atoms with Gasteiger partial charge in [-0.25, -0.2) is 4.98 Å². The number of anilines is 1. The van der Waals surface area contributed by atoms with Gasteiger partial charge in [0.2, 0.25) is 5.91 Å². The predicted molar refractivity (Wildman–Crippen MR) is 136 cm³/mol. The molecular formula is C26H28Cl2N4O2. The summed E-state index contributed by atoms with van der Waals surface area (Å²) in [5.41, 5.74) is 2.03. The third-order valence-corrected chi connectivity index (χ3v) is 6.53. The lowest BCUT2D eigenvalue weighted by atomic mass is 10.2. The molecule has 1 N–H and O–H groups in total. The predicted octanol–water partition coefficient (Wildman–Crippen LogP) is 4.41. The van der Waals surface area contributed by atoms with Crippen molar-refractivity contribution in [1.82, 2.24) is 15.2 Å². The fourth-order valence-electron chi connectivity index (χ4n) is 3.90. The Hall–Kier alpha value is -2.64. The van der Waals surface area contributed by atoms with E-state index in [1.165, 1.54) is 0 Å². The number of benzene rings is 2. The Kier molecular flexibility index (Phi) is 8.77. The molecule has 8 heteroatoms. The van der Waals surface area contributed by atoms with E-state index < -0.39 is 6.04 Å². The Bertz CT molecular complexity index is 1060. The monoisotopic (exact) mass is 498 g/mol. The van der Waals surface area contributed by atoms with Gasteiger partial charge in [-0.1, -0.05) is 65.7 Å². The maximum Gasteiger partial charge on any atom is 0.242 e. The summed E-state index contributed by atoms with van der Waals surface area (Å²) in [5, 5.41) is 4.39. The maximum atomic E-state index is 13.4. The molecule has 1 saturated heterocycles. The van der Waals surface area contributed by atoms with Crippen LogP contribution >= 0.6 is 23.2 Å². The molecule has 0 spiro atoms. The lowest BCUT2D eigenvalue weighted by Crippen LogP contribution is -2.55. The van der Waals surface area contributed by atoms with Crippen LogP contribution in [0.2, 0.25) is 10.0 Å². The number of ether oxygens (including phenoxy) is 1. The molecule has 2 aromatic carbocycles. The highest BCUT2D eigenvalue weighted by molar-refractivity contribution is 6.42. The van der Waals surface area contributed by atoms with Crippen molar-refractivity contribution in [3.8, 4) is 0 Å². The van der Waals surface area contributed by atoms with Crippen molar-refractivity contribution in [2.75, 3.05) is 37.7 Å². The molecule has 0 radical (unpaired) electrons. The van der Waals surface area contributed by atoms with Crippen LogP contribution in [0.3, 0.4) is 0 Å². The van der Waals surface area contributed by atoms with E-state index in [-0.39, 0.29) is 12.5 Å². The van der Waals surface area contributed by atoms with E-state index in [9.17, 15) is 4.79 Å². The van der Waals surface area contributed by atoms with Crippen LogP contribution in [0.4, 0.5) is 5.82 Å². The number of nitrogens with one attached hydrogen (secondary N) is 1. The van der Waals surface area contributed by atoms with Gasteiger partial charge in [0, 0.05) is 38.9 Å². The molecule has 3 aromatic rings. The van der Waals surface area contributed by atoms with Crippen molar-refractivity contribution in [3.63, 3.8) is 0 Å². The number of halogens is 2. The van der Waals surface area contributed by atoms with Gasteiger partial charge >= 0.3 is 0 Å². The van der Waals surface area contributed by atoms with Crippen molar-refractivity contribution >= 4 is 34.9 Å². The van der Waals surface area contributed by atoms with Crippen molar-refractivity contribution in [1.29, 1.82) is 0 Å². The number of hydrogen-bond donors (Lipinski definition) is 1. The quantitative estimate of drug-likeness (QED) is 0.473.